The molecule has 1 aliphatic rings. The maximum absolute atomic E-state index is 11.7. The van der Waals surface area contributed by atoms with E-state index in [-0.39, 0.29) is 5.57 Å². The molecule has 1 aromatic carbocycles. The van der Waals surface area contributed by atoms with Gasteiger partial charge >= 0.3 is 5.97 Å². The summed E-state index contributed by atoms with van der Waals surface area (Å²) in [4.78, 5) is 20.7. The van der Waals surface area contributed by atoms with Crippen LogP contribution in [0.1, 0.15) is 42.1 Å². The van der Waals surface area contributed by atoms with Crippen molar-refractivity contribution in [2.75, 3.05) is 0 Å². The lowest BCUT2D eigenvalue weighted by molar-refractivity contribution is -0.132. The lowest BCUT2D eigenvalue weighted by Gasteiger charge is -2.27. The number of hydrogen-bond donors (Lipinski definition) is 2. The molecular weight excluding hydrogens is 380 g/mol. The number of aryl methyl sites for hydroxylation is 1. The Morgan fingerprint density at radius 2 is 1.60 bits per heavy atom. The smallest absolute Gasteiger partial charge is 0.331 e. The van der Waals surface area contributed by atoms with E-state index in [1.807, 2.05) is 55.5 Å². The summed E-state index contributed by atoms with van der Waals surface area (Å²) >= 11 is 0. The Kier molecular flexibility index (Phi) is 4.67. The number of aromatic nitrogens is 2. The van der Waals surface area contributed by atoms with E-state index in [1.165, 1.54) is 0 Å². The molecule has 0 amide bonds. The molecule has 1 atom stereocenters. The van der Waals surface area contributed by atoms with Crippen LogP contribution in [0.15, 0.2) is 60.7 Å². The summed E-state index contributed by atoms with van der Waals surface area (Å²) in [5.41, 5.74) is 3.49. The Morgan fingerprint density at radius 1 is 1.00 bits per heavy atom. The average Bonchev–Trinajstić information content (AvgIpc) is 2.70. The summed E-state index contributed by atoms with van der Waals surface area (Å²) in [6.45, 7) is 9.08. The molecule has 0 aliphatic carbocycles. The Balaban J connectivity index is 1.79. The summed E-state index contributed by atoms with van der Waals surface area (Å²) in [6.07, 6.45) is 0. The minimum Gasteiger partial charge on any atom is -0.478 e. The maximum Gasteiger partial charge on any atom is 0.331 e. The Labute approximate surface area is 174 Å². The second-order valence-electron chi connectivity index (χ2n) is 7.94. The predicted molar refractivity (Wildman–Crippen MR) is 113 cm³/mol. The van der Waals surface area contributed by atoms with Gasteiger partial charge in [-0.05, 0) is 38.5 Å². The number of rotatable bonds is 4. The van der Waals surface area contributed by atoms with Crippen molar-refractivity contribution in [1.82, 2.24) is 9.97 Å². The Morgan fingerprint density at radius 3 is 2.20 bits per heavy atom. The van der Waals surface area contributed by atoms with Crippen LogP contribution in [0.4, 0.5) is 0 Å². The molecular formula is C24H22N2O4. The molecule has 0 fully saturated rings. The van der Waals surface area contributed by atoms with Gasteiger partial charge in [-0.1, -0.05) is 43.0 Å². The first-order valence-corrected chi connectivity index (χ1v) is 9.57. The number of pyridine rings is 2. The monoisotopic (exact) mass is 402 g/mol. The van der Waals surface area contributed by atoms with Crippen molar-refractivity contribution in [3.63, 3.8) is 0 Å². The van der Waals surface area contributed by atoms with E-state index in [9.17, 15) is 15.0 Å². The van der Waals surface area contributed by atoms with Gasteiger partial charge in [0.25, 0.3) is 0 Å². The topological polar surface area (TPSA) is 92.5 Å². The van der Waals surface area contributed by atoms with E-state index in [1.54, 1.807) is 13.8 Å². The quantitative estimate of drug-likeness (QED) is 0.622. The molecule has 3 aromatic rings. The van der Waals surface area contributed by atoms with Gasteiger partial charge < -0.3 is 14.9 Å². The molecule has 6 heteroatoms. The van der Waals surface area contributed by atoms with E-state index in [0.717, 1.165) is 16.8 Å². The standard InChI is InChI=1S/C24H22N2O4/c1-13-5-10-17-20(14(2)23(27)28)18-11-12-19(26-22(18)30-21(17)25-13)15-6-8-16(9-7-15)24(3,4)29/h5-12,20,29H,2H2,1,3-4H3,(H,27,28)/t20-/m0/s1. The van der Waals surface area contributed by atoms with Crippen molar-refractivity contribution in [3.8, 4) is 23.0 Å². The van der Waals surface area contributed by atoms with E-state index >= 15 is 0 Å². The second kappa shape index (κ2) is 7.07. The zero-order valence-corrected chi connectivity index (χ0v) is 17.0. The number of aliphatic carboxylic acids is 1. The van der Waals surface area contributed by atoms with Crippen molar-refractivity contribution < 1.29 is 19.7 Å². The minimum atomic E-state index is -1.08. The zero-order valence-electron chi connectivity index (χ0n) is 17.0. The highest BCUT2D eigenvalue weighted by Crippen LogP contribution is 2.46. The van der Waals surface area contributed by atoms with Gasteiger partial charge in [-0.2, -0.15) is 0 Å². The van der Waals surface area contributed by atoms with Gasteiger partial charge in [-0.25, -0.2) is 14.8 Å². The van der Waals surface area contributed by atoms with Crippen molar-refractivity contribution in [1.29, 1.82) is 0 Å². The highest BCUT2D eigenvalue weighted by atomic mass is 16.5. The predicted octanol–water partition coefficient (Wildman–Crippen LogP) is 4.56. The fraction of sp³-hybridized carbons (Fsp3) is 0.208. The van der Waals surface area contributed by atoms with Gasteiger partial charge in [0.2, 0.25) is 11.8 Å². The fourth-order valence-electron chi connectivity index (χ4n) is 3.57. The molecule has 6 nitrogen and oxygen atoms in total. The average molecular weight is 402 g/mol. The SMILES string of the molecule is C=C(C(=O)O)[C@H]1c2ccc(C)nc2Oc2nc(-c3ccc(C(C)(C)O)cc3)ccc21. The summed E-state index contributed by atoms with van der Waals surface area (Å²) < 4.78 is 5.96. The van der Waals surface area contributed by atoms with Gasteiger partial charge in [0.15, 0.2) is 0 Å². The molecule has 0 spiro atoms. The number of benzene rings is 1. The molecule has 0 saturated heterocycles. The molecule has 0 radical (unpaired) electrons. The van der Waals surface area contributed by atoms with Crippen LogP contribution < -0.4 is 4.74 Å². The highest BCUT2D eigenvalue weighted by molar-refractivity contribution is 5.89. The molecule has 3 heterocycles. The first-order valence-electron chi connectivity index (χ1n) is 9.57. The molecule has 0 unspecified atom stereocenters. The van der Waals surface area contributed by atoms with Crippen LogP contribution in [0.2, 0.25) is 0 Å². The first kappa shape index (κ1) is 19.8. The number of carboxylic acids is 1. The number of fused-ring (bicyclic) bond motifs is 2. The van der Waals surface area contributed by atoms with Crippen molar-refractivity contribution in [2.45, 2.75) is 32.3 Å². The second-order valence-corrected chi connectivity index (χ2v) is 7.94. The number of hydrogen-bond acceptors (Lipinski definition) is 5. The van der Waals surface area contributed by atoms with Crippen LogP contribution in [0.25, 0.3) is 11.3 Å². The first-order chi connectivity index (χ1) is 14.1. The number of aliphatic hydroxyl groups is 1. The highest BCUT2D eigenvalue weighted by Gasteiger charge is 2.34. The van der Waals surface area contributed by atoms with Crippen molar-refractivity contribution >= 4 is 5.97 Å². The van der Waals surface area contributed by atoms with Gasteiger partial charge in [-0.3, -0.25) is 0 Å². The molecule has 152 valence electrons. The summed E-state index contributed by atoms with van der Waals surface area (Å²) in [6, 6.07) is 14.8. The molecule has 1 aliphatic heterocycles. The van der Waals surface area contributed by atoms with Gasteiger partial charge in [0.05, 0.1) is 17.2 Å². The van der Waals surface area contributed by atoms with Crippen LogP contribution in [0.3, 0.4) is 0 Å². The van der Waals surface area contributed by atoms with Crippen molar-refractivity contribution in [2.24, 2.45) is 0 Å². The van der Waals surface area contributed by atoms with Crippen LogP contribution in [-0.4, -0.2) is 26.2 Å². The largest absolute Gasteiger partial charge is 0.478 e. The van der Waals surface area contributed by atoms with E-state index in [4.69, 9.17) is 4.74 Å². The molecule has 0 bridgehead atoms. The Hall–Kier alpha value is -3.51. The molecule has 4 rings (SSSR count). The van der Waals surface area contributed by atoms with Crippen LogP contribution >= 0.6 is 0 Å². The number of nitrogens with zero attached hydrogens (tertiary/aromatic N) is 2. The molecule has 0 saturated carbocycles. The summed E-state index contributed by atoms with van der Waals surface area (Å²) in [5.74, 6) is -1.01. The van der Waals surface area contributed by atoms with Crippen LogP contribution in [0, 0.1) is 6.92 Å². The summed E-state index contributed by atoms with van der Waals surface area (Å²) in [7, 11) is 0. The zero-order chi connectivity index (χ0) is 21.6. The third-order valence-electron chi connectivity index (χ3n) is 5.24. The molecule has 2 N–H and O–H groups in total. The lowest BCUT2D eigenvalue weighted by Crippen LogP contribution is -2.18. The number of ether oxygens (including phenoxy) is 1. The van der Waals surface area contributed by atoms with E-state index in [2.05, 4.69) is 16.5 Å². The molecule has 30 heavy (non-hydrogen) atoms. The van der Waals surface area contributed by atoms with Gasteiger partial charge in [0.1, 0.15) is 0 Å². The normalized spacial score (nSPS) is 15.0. The number of carboxylic acid groups (broad SMARTS) is 1. The fourth-order valence-corrected chi connectivity index (χ4v) is 3.57. The van der Waals surface area contributed by atoms with Crippen molar-refractivity contribution in [3.05, 3.63) is 83.1 Å². The van der Waals surface area contributed by atoms with Gasteiger partial charge in [0, 0.05) is 28.0 Å². The Bertz CT molecular complexity index is 1160. The molecule has 2 aromatic heterocycles. The van der Waals surface area contributed by atoms with Crippen LogP contribution in [0.5, 0.6) is 11.8 Å². The number of carbonyl (C=O) groups is 1. The van der Waals surface area contributed by atoms with E-state index < -0.39 is 17.5 Å². The summed E-state index contributed by atoms with van der Waals surface area (Å²) in [5, 5.41) is 19.7. The third-order valence-corrected chi connectivity index (χ3v) is 5.24. The maximum atomic E-state index is 11.7. The minimum absolute atomic E-state index is 0.0375. The van der Waals surface area contributed by atoms with Gasteiger partial charge in [-0.15, -0.1) is 0 Å². The third kappa shape index (κ3) is 3.46. The lowest BCUT2D eigenvalue weighted by atomic mass is 9.84. The van der Waals surface area contributed by atoms with Crippen LogP contribution in [-0.2, 0) is 10.4 Å². The van der Waals surface area contributed by atoms with E-state index in [0.29, 0.717) is 28.6 Å².